The first-order chi connectivity index (χ1) is 21.3. The first-order valence-corrected chi connectivity index (χ1v) is 14.0. The highest BCUT2D eigenvalue weighted by molar-refractivity contribution is 6.09. The molecule has 0 atom stereocenters. The minimum absolute atomic E-state index is 0.0296. The SMILES string of the molecule is NC(N)=NCCCCCc1ccc2c(c1)C(=O)N(CCC(=O)O)CC(=O)N2Cc1ccc2ccccc2c1.O=C(O)C(F)(F)F. The number of benzene rings is 3. The molecule has 0 saturated heterocycles. The summed E-state index contributed by atoms with van der Waals surface area (Å²) < 4.78 is 31.7. The van der Waals surface area contributed by atoms with E-state index in [1.54, 1.807) is 4.90 Å². The highest BCUT2D eigenvalue weighted by Gasteiger charge is 2.38. The Bertz CT molecular complexity index is 1570. The average molecular weight is 630 g/mol. The van der Waals surface area contributed by atoms with Crippen LogP contribution < -0.4 is 16.4 Å². The summed E-state index contributed by atoms with van der Waals surface area (Å²) in [5.74, 6) is -4.26. The quantitative estimate of drug-likeness (QED) is 0.140. The predicted octanol–water partition coefficient (Wildman–Crippen LogP) is 3.92. The number of carboxylic acids is 2. The fraction of sp³-hybridized carbons (Fsp3) is 0.323. The van der Waals surface area contributed by atoms with Gasteiger partial charge in [0.25, 0.3) is 5.91 Å². The van der Waals surface area contributed by atoms with Crippen LogP contribution >= 0.6 is 0 Å². The zero-order valence-corrected chi connectivity index (χ0v) is 24.3. The molecule has 1 aliphatic heterocycles. The van der Waals surface area contributed by atoms with Crippen LogP contribution in [0.15, 0.2) is 65.7 Å². The largest absolute Gasteiger partial charge is 0.490 e. The number of amides is 2. The van der Waals surface area contributed by atoms with Gasteiger partial charge in [-0.25, -0.2) is 4.79 Å². The van der Waals surface area contributed by atoms with Gasteiger partial charge in [0.1, 0.15) is 6.54 Å². The van der Waals surface area contributed by atoms with E-state index in [-0.39, 0.29) is 37.3 Å². The summed E-state index contributed by atoms with van der Waals surface area (Å²) in [5.41, 5.74) is 13.6. The highest BCUT2D eigenvalue weighted by atomic mass is 19.4. The van der Waals surface area contributed by atoms with Crippen molar-refractivity contribution in [3.8, 4) is 0 Å². The summed E-state index contributed by atoms with van der Waals surface area (Å²) in [7, 11) is 0. The molecule has 45 heavy (non-hydrogen) atoms. The summed E-state index contributed by atoms with van der Waals surface area (Å²) in [6, 6.07) is 19.7. The molecule has 1 heterocycles. The van der Waals surface area contributed by atoms with Crippen molar-refractivity contribution in [2.45, 2.75) is 44.8 Å². The lowest BCUT2D eigenvalue weighted by Gasteiger charge is -2.23. The fourth-order valence-electron chi connectivity index (χ4n) is 4.70. The lowest BCUT2D eigenvalue weighted by Crippen LogP contribution is -2.40. The molecule has 0 bridgehead atoms. The van der Waals surface area contributed by atoms with E-state index in [0.717, 1.165) is 47.6 Å². The van der Waals surface area contributed by atoms with Crippen LogP contribution in [0.4, 0.5) is 18.9 Å². The first kappa shape index (κ1) is 34.4. The third kappa shape index (κ3) is 10.2. The molecule has 0 aliphatic carbocycles. The molecule has 4 rings (SSSR count). The number of nitrogens with zero attached hydrogens (tertiary/aromatic N) is 3. The second-order valence-electron chi connectivity index (χ2n) is 10.3. The van der Waals surface area contributed by atoms with E-state index in [2.05, 4.69) is 4.99 Å². The van der Waals surface area contributed by atoms with Crippen molar-refractivity contribution >= 4 is 46.2 Å². The molecule has 240 valence electrons. The maximum Gasteiger partial charge on any atom is 0.490 e. The smallest absolute Gasteiger partial charge is 0.481 e. The van der Waals surface area contributed by atoms with E-state index in [9.17, 15) is 32.7 Å². The zero-order chi connectivity index (χ0) is 33.1. The molecule has 1 aliphatic rings. The van der Waals surface area contributed by atoms with Gasteiger partial charge in [-0.3, -0.25) is 19.4 Å². The van der Waals surface area contributed by atoms with Crippen LogP contribution in [0.5, 0.6) is 0 Å². The summed E-state index contributed by atoms with van der Waals surface area (Å²) in [6.07, 6.45) is -1.86. The van der Waals surface area contributed by atoms with Gasteiger partial charge in [0.2, 0.25) is 5.91 Å². The van der Waals surface area contributed by atoms with Gasteiger partial charge in [0.15, 0.2) is 5.96 Å². The summed E-state index contributed by atoms with van der Waals surface area (Å²) in [5, 5.41) is 18.5. The maximum atomic E-state index is 13.5. The van der Waals surface area contributed by atoms with Crippen molar-refractivity contribution in [2.24, 2.45) is 16.5 Å². The molecule has 2 amide bonds. The topological polar surface area (TPSA) is 180 Å². The Morgan fingerprint density at radius 2 is 1.56 bits per heavy atom. The van der Waals surface area contributed by atoms with Crippen LogP contribution in [0.3, 0.4) is 0 Å². The molecule has 3 aromatic rings. The second kappa shape index (κ2) is 15.5. The molecule has 14 heteroatoms. The number of aryl methyl sites for hydroxylation is 1. The van der Waals surface area contributed by atoms with Crippen LogP contribution in [-0.2, 0) is 27.3 Å². The lowest BCUT2D eigenvalue weighted by molar-refractivity contribution is -0.192. The minimum atomic E-state index is -5.08. The standard InChI is InChI=1S/C29H33N5O4.C2HF3O2/c30-29(31)32-14-5-1-2-6-20-10-12-25-24(17-20)28(38)33(15-13-27(36)37)19-26(35)34(25)18-21-9-11-22-7-3-4-8-23(22)16-21;3-2(4,5)1(6)7/h3-4,7-12,16-17H,1-2,5-6,13-15,18-19H2,(H,36,37)(H4,30,31,32);(H,6,7). The van der Waals surface area contributed by atoms with Gasteiger partial charge in [-0.15, -0.1) is 0 Å². The van der Waals surface area contributed by atoms with Crippen LogP contribution in [0.2, 0.25) is 0 Å². The van der Waals surface area contributed by atoms with E-state index in [1.807, 2.05) is 60.7 Å². The Balaban J connectivity index is 0.000000707. The molecular formula is C31H34F3N5O6. The number of carboxylic acid groups (broad SMARTS) is 2. The number of anilines is 1. The van der Waals surface area contributed by atoms with Crippen LogP contribution in [0, 0.1) is 0 Å². The van der Waals surface area contributed by atoms with Crippen LogP contribution in [0.25, 0.3) is 10.8 Å². The Morgan fingerprint density at radius 3 is 2.20 bits per heavy atom. The normalized spacial score (nSPS) is 13.0. The molecule has 0 radical (unpaired) electrons. The average Bonchev–Trinajstić information content (AvgIpc) is 3.07. The Hall–Kier alpha value is -5.14. The predicted molar refractivity (Wildman–Crippen MR) is 162 cm³/mol. The van der Waals surface area contributed by atoms with Gasteiger partial charge >= 0.3 is 18.1 Å². The van der Waals surface area contributed by atoms with E-state index >= 15 is 0 Å². The summed E-state index contributed by atoms with van der Waals surface area (Å²) >= 11 is 0. The third-order valence-corrected chi connectivity index (χ3v) is 6.91. The van der Waals surface area contributed by atoms with Crippen LogP contribution in [0.1, 0.15) is 47.2 Å². The Labute approximate surface area is 256 Å². The number of guanidine groups is 1. The lowest BCUT2D eigenvalue weighted by atomic mass is 10.0. The number of nitrogens with two attached hydrogens (primary N) is 2. The second-order valence-corrected chi connectivity index (χ2v) is 10.3. The third-order valence-electron chi connectivity index (χ3n) is 6.91. The minimum Gasteiger partial charge on any atom is -0.481 e. The number of aliphatic carboxylic acids is 2. The molecule has 0 unspecified atom stereocenters. The number of fused-ring (bicyclic) bond motifs is 2. The van der Waals surface area contributed by atoms with Gasteiger partial charge in [-0.2, -0.15) is 13.2 Å². The first-order valence-electron chi connectivity index (χ1n) is 14.0. The van der Waals surface area contributed by atoms with Crippen LogP contribution in [-0.4, -0.2) is 70.6 Å². The van der Waals surface area contributed by atoms with Crippen molar-refractivity contribution < 1.29 is 42.6 Å². The Kier molecular flexibility index (Phi) is 11.9. The molecule has 0 spiro atoms. The molecular weight excluding hydrogens is 595 g/mol. The fourth-order valence-corrected chi connectivity index (χ4v) is 4.70. The van der Waals surface area contributed by atoms with E-state index in [4.69, 9.17) is 21.4 Å². The number of alkyl halides is 3. The monoisotopic (exact) mass is 629 g/mol. The van der Waals surface area contributed by atoms with Gasteiger partial charge in [-0.1, -0.05) is 48.9 Å². The number of aliphatic imine (C=N–C) groups is 1. The highest BCUT2D eigenvalue weighted by Crippen LogP contribution is 2.30. The number of carbonyl (C=O) groups is 4. The van der Waals surface area contributed by atoms with Crippen molar-refractivity contribution in [2.75, 3.05) is 24.5 Å². The van der Waals surface area contributed by atoms with Crippen molar-refractivity contribution in [3.63, 3.8) is 0 Å². The van der Waals surface area contributed by atoms with Gasteiger partial charge < -0.3 is 31.5 Å². The molecule has 0 aromatic heterocycles. The van der Waals surface area contributed by atoms with E-state index < -0.39 is 18.1 Å². The molecule has 3 aromatic carbocycles. The number of halogens is 3. The van der Waals surface area contributed by atoms with Gasteiger partial charge in [0.05, 0.1) is 24.2 Å². The van der Waals surface area contributed by atoms with Crippen molar-refractivity contribution in [3.05, 3.63) is 77.4 Å². The van der Waals surface area contributed by atoms with Crippen molar-refractivity contribution in [1.82, 2.24) is 4.90 Å². The summed E-state index contributed by atoms with van der Waals surface area (Å²) in [4.78, 5) is 54.0. The zero-order valence-electron chi connectivity index (χ0n) is 24.3. The van der Waals surface area contributed by atoms with E-state index in [0.29, 0.717) is 24.3 Å². The molecule has 6 N–H and O–H groups in total. The molecule has 0 fully saturated rings. The number of hydrogen-bond acceptors (Lipinski definition) is 5. The number of unbranched alkanes of at least 4 members (excludes halogenated alkanes) is 2. The number of rotatable bonds is 11. The van der Waals surface area contributed by atoms with Crippen molar-refractivity contribution in [1.29, 1.82) is 0 Å². The van der Waals surface area contributed by atoms with Gasteiger partial charge in [0, 0.05) is 13.1 Å². The number of carbonyl (C=O) groups excluding carboxylic acids is 2. The summed E-state index contributed by atoms with van der Waals surface area (Å²) in [6.45, 7) is 0.683. The Morgan fingerprint density at radius 1 is 0.889 bits per heavy atom. The molecule has 0 saturated carbocycles. The van der Waals surface area contributed by atoms with Gasteiger partial charge in [-0.05, 0) is 59.4 Å². The maximum absolute atomic E-state index is 13.5. The van der Waals surface area contributed by atoms with E-state index in [1.165, 1.54) is 4.90 Å². The number of hydrogen-bond donors (Lipinski definition) is 4. The molecule has 11 nitrogen and oxygen atoms in total.